The molecule has 0 spiro atoms. The molecule has 2 rings (SSSR count). The van der Waals surface area contributed by atoms with E-state index in [9.17, 15) is 18.0 Å². The Morgan fingerprint density at radius 3 is 2.82 bits per heavy atom. The maximum absolute atomic E-state index is 12.7. The van der Waals surface area contributed by atoms with Crippen molar-refractivity contribution in [1.29, 1.82) is 0 Å². The van der Waals surface area contributed by atoms with Crippen LogP contribution in [0.3, 0.4) is 0 Å². The fraction of sp³-hybridized carbons (Fsp3) is 0.562. The van der Waals surface area contributed by atoms with Gasteiger partial charge >= 0.3 is 6.18 Å². The smallest absolute Gasteiger partial charge is 0.340 e. The second-order valence-corrected chi connectivity index (χ2v) is 5.92. The number of nitrogens with one attached hydrogen (secondary N) is 1. The fourth-order valence-electron chi connectivity index (χ4n) is 2.69. The minimum atomic E-state index is -4.35. The summed E-state index contributed by atoms with van der Waals surface area (Å²) in [6, 6.07) is 5.48. The lowest BCUT2D eigenvalue weighted by atomic mass is 9.95. The molecule has 1 aliphatic rings. The van der Waals surface area contributed by atoms with Gasteiger partial charge in [0.2, 0.25) is 5.91 Å². The van der Waals surface area contributed by atoms with Crippen LogP contribution in [0.4, 0.5) is 13.2 Å². The third-order valence-corrected chi connectivity index (χ3v) is 3.99. The van der Waals surface area contributed by atoms with Crippen molar-refractivity contribution < 1.29 is 18.0 Å². The lowest BCUT2D eigenvalue weighted by Gasteiger charge is -2.32. The van der Waals surface area contributed by atoms with E-state index in [-0.39, 0.29) is 24.3 Å². The molecule has 1 N–H and O–H groups in total. The molecule has 1 aromatic rings. The Morgan fingerprint density at radius 2 is 2.18 bits per heavy atom. The van der Waals surface area contributed by atoms with Crippen molar-refractivity contribution in [2.24, 2.45) is 0 Å². The van der Waals surface area contributed by atoms with Gasteiger partial charge in [-0.25, -0.2) is 0 Å². The molecular weight excluding hydrogens is 293 g/mol. The van der Waals surface area contributed by atoms with Gasteiger partial charge in [0.15, 0.2) is 0 Å². The molecule has 0 aromatic heterocycles. The molecule has 3 nitrogen and oxygen atoms in total. The molecule has 6 heteroatoms. The van der Waals surface area contributed by atoms with Crippen molar-refractivity contribution in [2.45, 2.75) is 38.4 Å². The van der Waals surface area contributed by atoms with Crippen LogP contribution in [-0.4, -0.2) is 36.5 Å². The lowest BCUT2D eigenvalue weighted by Crippen LogP contribution is -2.51. The number of hydrogen-bond acceptors (Lipinski definition) is 2. The third kappa shape index (κ3) is 4.22. The number of halogens is 3. The lowest BCUT2D eigenvalue weighted by molar-refractivity contribution is -0.137. The van der Waals surface area contributed by atoms with Crippen molar-refractivity contribution in [2.75, 3.05) is 19.6 Å². The van der Waals surface area contributed by atoms with E-state index in [0.717, 1.165) is 18.7 Å². The van der Waals surface area contributed by atoms with E-state index in [0.29, 0.717) is 18.7 Å². The summed E-state index contributed by atoms with van der Waals surface area (Å²) in [5.41, 5.74) is -0.119. The zero-order valence-corrected chi connectivity index (χ0v) is 12.8. The second kappa shape index (κ2) is 6.69. The highest BCUT2D eigenvalue weighted by Crippen LogP contribution is 2.31. The normalized spacial score (nSPS) is 20.8. The minimum Gasteiger partial charge on any atom is -0.340 e. The Morgan fingerprint density at radius 1 is 1.45 bits per heavy atom. The molecule has 122 valence electrons. The van der Waals surface area contributed by atoms with Crippen LogP contribution in [0.25, 0.3) is 0 Å². The number of amides is 1. The van der Waals surface area contributed by atoms with Crippen molar-refractivity contribution in [3.05, 3.63) is 35.4 Å². The number of piperazine rings is 1. The SMILES string of the molecule is CC1CN(C(=O)CC(C)c2cccc(C(F)(F)F)c2)CCN1. The van der Waals surface area contributed by atoms with Crippen molar-refractivity contribution in [1.82, 2.24) is 10.2 Å². The first-order valence-corrected chi connectivity index (χ1v) is 7.45. The predicted molar refractivity (Wildman–Crippen MR) is 78.5 cm³/mol. The van der Waals surface area contributed by atoms with Crippen LogP contribution in [0.1, 0.15) is 37.3 Å². The van der Waals surface area contributed by atoms with Gasteiger partial charge in [-0.2, -0.15) is 13.2 Å². The van der Waals surface area contributed by atoms with Gasteiger partial charge in [0.25, 0.3) is 0 Å². The third-order valence-electron chi connectivity index (χ3n) is 3.99. The van der Waals surface area contributed by atoms with Gasteiger partial charge < -0.3 is 10.2 Å². The molecule has 1 amide bonds. The summed E-state index contributed by atoms with van der Waals surface area (Å²) in [7, 11) is 0. The Bertz CT molecular complexity index is 530. The number of hydrogen-bond donors (Lipinski definition) is 1. The average Bonchev–Trinajstić information content (AvgIpc) is 2.46. The number of nitrogens with zero attached hydrogens (tertiary/aromatic N) is 1. The summed E-state index contributed by atoms with van der Waals surface area (Å²) >= 11 is 0. The minimum absolute atomic E-state index is 0.00161. The van der Waals surface area contributed by atoms with Gasteiger partial charge in [-0.05, 0) is 24.5 Å². The fourth-order valence-corrected chi connectivity index (χ4v) is 2.69. The van der Waals surface area contributed by atoms with Gasteiger partial charge in [-0.15, -0.1) is 0 Å². The molecule has 2 unspecified atom stereocenters. The second-order valence-electron chi connectivity index (χ2n) is 5.92. The van der Waals surface area contributed by atoms with Crippen molar-refractivity contribution in [3.63, 3.8) is 0 Å². The highest BCUT2D eigenvalue weighted by atomic mass is 19.4. The molecule has 0 aliphatic carbocycles. The predicted octanol–water partition coefficient (Wildman–Crippen LogP) is 3.02. The molecule has 2 atom stereocenters. The van der Waals surface area contributed by atoms with Gasteiger partial charge in [0.05, 0.1) is 5.56 Å². The summed E-state index contributed by atoms with van der Waals surface area (Å²) in [5.74, 6) is -0.238. The molecule has 1 saturated heterocycles. The van der Waals surface area contributed by atoms with Gasteiger partial charge in [0, 0.05) is 32.1 Å². The largest absolute Gasteiger partial charge is 0.416 e. The topological polar surface area (TPSA) is 32.3 Å². The Kier molecular flexibility index (Phi) is 5.11. The molecule has 1 aliphatic heterocycles. The van der Waals surface area contributed by atoms with E-state index in [1.165, 1.54) is 6.07 Å². The maximum atomic E-state index is 12.7. The van der Waals surface area contributed by atoms with Crippen LogP contribution in [0.15, 0.2) is 24.3 Å². The first kappa shape index (κ1) is 16.8. The van der Waals surface area contributed by atoms with E-state index >= 15 is 0 Å². The summed E-state index contributed by atoms with van der Waals surface area (Å²) < 4.78 is 38.2. The Hall–Kier alpha value is -1.56. The van der Waals surface area contributed by atoms with Gasteiger partial charge in [-0.1, -0.05) is 25.1 Å². The molecule has 22 heavy (non-hydrogen) atoms. The van der Waals surface area contributed by atoms with Crippen LogP contribution in [0.2, 0.25) is 0 Å². The Balaban J connectivity index is 2.02. The highest BCUT2D eigenvalue weighted by Gasteiger charge is 2.31. The van der Waals surface area contributed by atoms with Gasteiger partial charge in [0.1, 0.15) is 0 Å². The van der Waals surface area contributed by atoms with Crippen molar-refractivity contribution >= 4 is 5.91 Å². The van der Waals surface area contributed by atoms with E-state index in [1.807, 2.05) is 6.92 Å². The zero-order chi connectivity index (χ0) is 16.3. The number of benzene rings is 1. The molecule has 1 heterocycles. The molecule has 1 fully saturated rings. The molecular formula is C16H21F3N2O. The molecule has 0 radical (unpaired) electrons. The van der Waals surface area contributed by atoms with Crippen LogP contribution in [0, 0.1) is 0 Å². The summed E-state index contributed by atoms with van der Waals surface area (Å²) in [6.45, 7) is 5.85. The monoisotopic (exact) mass is 314 g/mol. The van der Waals surface area contributed by atoms with Crippen LogP contribution in [0.5, 0.6) is 0 Å². The first-order valence-electron chi connectivity index (χ1n) is 7.45. The highest BCUT2D eigenvalue weighted by molar-refractivity contribution is 5.77. The molecule has 0 bridgehead atoms. The number of alkyl halides is 3. The van der Waals surface area contributed by atoms with E-state index in [2.05, 4.69) is 5.32 Å². The van der Waals surface area contributed by atoms with Crippen molar-refractivity contribution in [3.8, 4) is 0 Å². The number of rotatable bonds is 3. The maximum Gasteiger partial charge on any atom is 0.416 e. The van der Waals surface area contributed by atoms with Crippen LogP contribution in [-0.2, 0) is 11.0 Å². The first-order chi connectivity index (χ1) is 10.3. The van der Waals surface area contributed by atoms with E-state index in [1.54, 1.807) is 17.9 Å². The summed E-state index contributed by atoms with van der Waals surface area (Å²) in [6.07, 6.45) is -4.12. The van der Waals surface area contributed by atoms with E-state index < -0.39 is 11.7 Å². The average molecular weight is 314 g/mol. The molecule has 1 aromatic carbocycles. The summed E-state index contributed by atoms with van der Waals surface area (Å²) in [4.78, 5) is 14.1. The standard InChI is InChI=1S/C16H21F3N2O/c1-11(8-15(22)21-7-6-20-12(2)10-21)13-4-3-5-14(9-13)16(17,18)19/h3-5,9,11-12,20H,6-8,10H2,1-2H3. The van der Waals surface area contributed by atoms with Crippen LogP contribution < -0.4 is 5.32 Å². The van der Waals surface area contributed by atoms with Gasteiger partial charge in [-0.3, -0.25) is 4.79 Å². The van der Waals surface area contributed by atoms with E-state index in [4.69, 9.17) is 0 Å². The number of carbonyl (C=O) groups excluding carboxylic acids is 1. The Labute approximate surface area is 128 Å². The quantitative estimate of drug-likeness (QED) is 0.930. The number of carbonyl (C=O) groups is 1. The zero-order valence-electron chi connectivity index (χ0n) is 12.8. The molecule has 0 saturated carbocycles. The van der Waals surface area contributed by atoms with Crippen LogP contribution >= 0.6 is 0 Å². The summed E-state index contributed by atoms with van der Waals surface area (Å²) in [5, 5.41) is 3.26.